The number of sulfone groups is 1. The van der Waals surface area contributed by atoms with E-state index in [1.807, 2.05) is 0 Å². The minimum absolute atomic E-state index is 0.107. The Morgan fingerprint density at radius 3 is 2.53 bits per heavy atom. The van der Waals surface area contributed by atoms with Gasteiger partial charge in [0.25, 0.3) is 0 Å². The Bertz CT molecular complexity index is 523. The van der Waals surface area contributed by atoms with Crippen LogP contribution in [0.3, 0.4) is 0 Å². The third-order valence-electron chi connectivity index (χ3n) is 2.23. The molecule has 0 radical (unpaired) electrons. The maximum Gasteiger partial charge on any atom is 0.179 e. The summed E-state index contributed by atoms with van der Waals surface area (Å²) in [6.45, 7) is 0. The van der Waals surface area contributed by atoms with E-state index in [2.05, 4.69) is 0 Å². The van der Waals surface area contributed by atoms with Crippen molar-refractivity contribution in [2.45, 2.75) is 17.7 Å². The van der Waals surface area contributed by atoms with Crippen molar-refractivity contribution >= 4 is 16.1 Å². The number of hydrogen-bond donors (Lipinski definition) is 0. The van der Waals surface area contributed by atoms with Crippen LogP contribution in [0, 0.1) is 5.82 Å². The molecular weight excluding hydrogens is 247 g/mol. The summed E-state index contributed by atoms with van der Waals surface area (Å²) in [4.78, 5) is 10.1. The molecule has 0 atom stereocenters. The van der Waals surface area contributed by atoms with Crippen molar-refractivity contribution in [1.82, 2.24) is 0 Å². The van der Waals surface area contributed by atoms with E-state index in [-0.39, 0.29) is 23.5 Å². The number of benzene rings is 1. The first-order valence-electron chi connectivity index (χ1n) is 4.90. The predicted molar refractivity (Wildman–Crippen MR) is 60.4 cm³/mol. The van der Waals surface area contributed by atoms with Crippen LogP contribution >= 0.6 is 0 Å². The van der Waals surface area contributed by atoms with Crippen molar-refractivity contribution in [1.29, 1.82) is 0 Å². The zero-order chi connectivity index (χ0) is 13.1. The van der Waals surface area contributed by atoms with Gasteiger partial charge in [-0.25, -0.2) is 12.8 Å². The lowest BCUT2D eigenvalue weighted by atomic mass is 10.1. The number of methoxy groups -OCH3 is 1. The van der Waals surface area contributed by atoms with Crippen molar-refractivity contribution in [2.75, 3.05) is 13.4 Å². The maximum atomic E-state index is 13.3. The second kappa shape index (κ2) is 5.27. The number of hydrogen-bond acceptors (Lipinski definition) is 4. The van der Waals surface area contributed by atoms with Crippen molar-refractivity contribution in [3.63, 3.8) is 0 Å². The fraction of sp³-hybridized carbons (Fsp3) is 0.364. The second-order valence-electron chi connectivity index (χ2n) is 3.57. The lowest BCUT2D eigenvalue weighted by Crippen LogP contribution is -2.05. The normalized spacial score (nSPS) is 11.2. The van der Waals surface area contributed by atoms with E-state index in [0.717, 1.165) is 12.3 Å². The Kier molecular flexibility index (Phi) is 4.22. The van der Waals surface area contributed by atoms with Crippen molar-refractivity contribution in [3.05, 3.63) is 23.5 Å². The Balaban J connectivity index is 3.40. The molecule has 0 aliphatic heterocycles. The van der Waals surface area contributed by atoms with Crippen molar-refractivity contribution in [2.24, 2.45) is 0 Å². The fourth-order valence-electron chi connectivity index (χ4n) is 1.53. The number of aryl methyl sites for hydroxylation is 1. The molecule has 0 saturated heterocycles. The first kappa shape index (κ1) is 13.6. The number of aldehydes is 1. The van der Waals surface area contributed by atoms with Crippen LogP contribution in [0.5, 0.6) is 5.75 Å². The highest BCUT2D eigenvalue weighted by molar-refractivity contribution is 7.90. The van der Waals surface area contributed by atoms with Crippen LogP contribution in [0.25, 0.3) is 0 Å². The van der Waals surface area contributed by atoms with E-state index in [9.17, 15) is 17.6 Å². The summed E-state index contributed by atoms with van der Waals surface area (Å²) < 4.78 is 41.2. The molecule has 1 aromatic rings. The van der Waals surface area contributed by atoms with Crippen LogP contribution in [0.4, 0.5) is 4.39 Å². The first-order valence-corrected chi connectivity index (χ1v) is 6.79. The quantitative estimate of drug-likeness (QED) is 0.750. The number of halogens is 1. The van der Waals surface area contributed by atoms with Crippen molar-refractivity contribution in [3.8, 4) is 5.75 Å². The number of rotatable bonds is 5. The van der Waals surface area contributed by atoms with Gasteiger partial charge in [-0.1, -0.05) is 0 Å². The largest absolute Gasteiger partial charge is 0.495 e. The highest BCUT2D eigenvalue weighted by Crippen LogP contribution is 2.30. The molecule has 0 spiro atoms. The van der Waals surface area contributed by atoms with E-state index >= 15 is 0 Å². The molecule has 1 rings (SSSR count). The number of ether oxygens (including phenoxy) is 1. The Hall–Kier alpha value is -1.43. The molecule has 1 aromatic carbocycles. The van der Waals surface area contributed by atoms with Gasteiger partial charge in [-0.15, -0.1) is 0 Å². The SMILES string of the molecule is COc1c(CCC=O)cc(F)cc1S(C)(=O)=O. The summed E-state index contributed by atoms with van der Waals surface area (Å²) in [5.41, 5.74) is 0.375. The van der Waals surface area contributed by atoms with E-state index < -0.39 is 15.7 Å². The van der Waals surface area contributed by atoms with Crippen LogP contribution in [-0.2, 0) is 21.1 Å². The predicted octanol–water partition coefficient (Wildman–Crippen LogP) is 1.37. The molecular formula is C11H13FO4S. The molecule has 0 amide bonds. The van der Waals surface area contributed by atoms with Gasteiger partial charge in [0.15, 0.2) is 9.84 Å². The van der Waals surface area contributed by atoms with E-state index in [1.54, 1.807) is 0 Å². The van der Waals surface area contributed by atoms with Gasteiger partial charge in [0, 0.05) is 12.7 Å². The summed E-state index contributed by atoms with van der Waals surface area (Å²) in [5, 5.41) is 0. The summed E-state index contributed by atoms with van der Waals surface area (Å²) in [6, 6.07) is 2.09. The van der Waals surface area contributed by atoms with Crippen LogP contribution in [0.2, 0.25) is 0 Å². The minimum Gasteiger partial charge on any atom is -0.495 e. The van der Waals surface area contributed by atoms with Gasteiger partial charge in [-0.3, -0.25) is 0 Å². The summed E-state index contributed by atoms with van der Waals surface area (Å²) in [6.07, 6.45) is 2.09. The molecule has 0 aliphatic carbocycles. The van der Waals surface area contributed by atoms with E-state index in [0.29, 0.717) is 11.8 Å². The standard InChI is InChI=1S/C11H13FO4S/c1-16-11-8(4-3-5-13)6-9(12)7-10(11)17(2,14)15/h5-7H,3-4H2,1-2H3. The van der Waals surface area contributed by atoms with E-state index in [1.165, 1.54) is 13.2 Å². The minimum atomic E-state index is -3.57. The van der Waals surface area contributed by atoms with Gasteiger partial charge in [0.2, 0.25) is 0 Å². The molecule has 0 saturated carbocycles. The average Bonchev–Trinajstić information content (AvgIpc) is 2.24. The maximum absolute atomic E-state index is 13.3. The summed E-state index contributed by atoms with van der Waals surface area (Å²) in [5.74, 6) is -0.553. The smallest absolute Gasteiger partial charge is 0.179 e. The second-order valence-corrected chi connectivity index (χ2v) is 5.56. The molecule has 0 aromatic heterocycles. The Labute approximate surface area is 99.3 Å². The van der Waals surface area contributed by atoms with Gasteiger partial charge in [-0.2, -0.15) is 0 Å². The monoisotopic (exact) mass is 260 g/mol. The molecule has 0 bridgehead atoms. The lowest BCUT2D eigenvalue weighted by molar-refractivity contribution is -0.107. The van der Waals surface area contributed by atoms with Gasteiger partial charge in [-0.05, 0) is 24.1 Å². The third-order valence-corrected chi connectivity index (χ3v) is 3.33. The topological polar surface area (TPSA) is 60.4 Å². The highest BCUT2D eigenvalue weighted by Gasteiger charge is 2.19. The van der Waals surface area contributed by atoms with E-state index in [4.69, 9.17) is 4.74 Å². The van der Waals surface area contributed by atoms with Crippen LogP contribution < -0.4 is 4.74 Å². The van der Waals surface area contributed by atoms with Gasteiger partial charge in [0.1, 0.15) is 22.7 Å². The van der Waals surface area contributed by atoms with Gasteiger partial charge < -0.3 is 9.53 Å². The van der Waals surface area contributed by atoms with Crippen molar-refractivity contribution < 1.29 is 22.3 Å². The molecule has 6 heteroatoms. The highest BCUT2D eigenvalue weighted by atomic mass is 32.2. The molecule has 4 nitrogen and oxygen atoms in total. The Morgan fingerprint density at radius 2 is 2.06 bits per heavy atom. The average molecular weight is 260 g/mol. The van der Waals surface area contributed by atoms with Gasteiger partial charge in [0.05, 0.1) is 7.11 Å². The zero-order valence-electron chi connectivity index (χ0n) is 9.57. The first-order chi connectivity index (χ1) is 7.90. The Morgan fingerprint density at radius 1 is 1.41 bits per heavy atom. The molecule has 94 valence electrons. The molecule has 17 heavy (non-hydrogen) atoms. The lowest BCUT2D eigenvalue weighted by Gasteiger charge is -2.12. The summed E-state index contributed by atoms with van der Waals surface area (Å²) >= 11 is 0. The van der Waals surface area contributed by atoms with Crippen LogP contribution in [0.15, 0.2) is 17.0 Å². The molecule has 0 aliphatic rings. The third kappa shape index (κ3) is 3.26. The molecule has 0 fully saturated rings. The molecule has 0 N–H and O–H groups in total. The fourth-order valence-corrected chi connectivity index (χ4v) is 2.41. The van der Waals surface area contributed by atoms with Crippen LogP contribution in [-0.4, -0.2) is 28.1 Å². The summed E-state index contributed by atoms with van der Waals surface area (Å²) in [7, 11) is -2.26. The van der Waals surface area contributed by atoms with Gasteiger partial charge >= 0.3 is 0 Å². The number of carbonyl (C=O) groups is 1. The molecule has 0 heterocycles. The van der Waals surface area contributed by atoms with Crippen LogP contribution in [0.1, 0.15) is 12.0 Å². The molecule has 0 unspecified atom stereocenters. The number of carbonyl (C=O) groups excluding carboxylic acids is 1. The zero-order valence-corrected chi connectivity index (χ0v) is 10.4.